The zero-order valence-corrected chi connectivity index (χ0v) is 13.0. The summed E-state index contributed by atoms with van der Waals surface area (Å²) in [5.41, 5.74) is 2.41. The van der Waals surface area contributed by atoms with Crippen molar-refractivity contribution in [3.63, 3.8) is 0 Å². The molecule has 0 radical (unpaired) electrons. The average molecular weight is 346 g/mol. The lowest BCUT2D eigenvalue weighted by Gasteiger charge is -2.08. The van der Waals surface area contributed by atoms with Gasteiger partial charge >= 0.3 is 0 Å². The van der Waals surface area contributed by atoms with E-state index in [1.807, 2.05) is 4.57 Å². The number of rotatable bonds is 2. The molecule has 0 amide bonds. The molecule has 0 saturated heterocycles. The zero-order valence-electron chi connectivity index (χ0n) is 12.2. The molecule has 0 atom stereocenters. The van der Waals surface area contributed by atoms with Crippen molar-refractivity contribution in [3.8, 4) is 5.95 Å². The van der Waals surface area contributed by atoms with Crippen LogP contribution in [0.15, 0.2) is 30.7 Å². The minimum absolute atomic E-state index is 0.229. The number of aromatic nitrogens is 5. The zero-order chi connectivity index (χ0) is 16.4. The highest BCUT2D eigenvalue weighted by atomic mass is 35.5. The largest absolute Gasteiger partial charge is 0.306 e. The molecular weight excluding hydrogens is 336 g/mol. The number of benzene rings is 1. The second-order valence-corrected chi connectivity index (χ2v) is 6.27. The summed E-state index contributed by atoms with van der Waals surface area (Å²) < 4.78 is 31.0. The van der Waals surface area contributed by atoms with Crippen LogP contribution in [0.1, 0.15) is 18.9 Å². The quantitative estimate of drug-likeness (QED) is 0.515. The van der Waals surface area contributed by atoms with Gasteiger partial charge in [-0.1, -0.05) is 11.6 Å². The van der Waals surface area contributed by atoms with Crippen LogP contribution in [0.5, 0.6) is 0 Å². The summed E-state index contributed by atoms with van der Waals surface area (Å²) in [4.78, 5) is 12.9. The van der Waals surface area contributed by atoms with Gasteiger partial charge in [0.15, 0.2) is 11.6 Å². The van der Waals surface area contributed by atoms with Gasteiger partial charge in [0.1, 0.15) is 11.5 Å². The van der Waals surface area contributed by atoms with E-state index in [-0.39, 0.29) is 6.04 Å². The molecule has 3 aromatic heterocycles. The first-order chi connectivity index (χ1) is 11.6. The van der Waals surface area contributed by atoms with Crippen LogP contribution in [-0.4, -0.2) is 24.1 Å². The second-order valence-electron chi connectivity index (χ2n) is 5.88. The Balaban J connectivity index is 1.83. The van der Waals surface area contributed by atoms with Gasteiger partial charge < -0.3 is 4.57 Å². The van der Waals surface area contributed by atoms with Crippen LogP contribution in [0.4, 0.5) is 8.78 Å². The minimum Gasteiger partial charge on any atom is -0.306 e. The molecule has 1 fully saturated rings. The summed E-state index contributed by atoms with van der Waals surface area (Å²) in [7, 11) is 0. The van der Waals surface area contributed by atoms with Gasteiger partial charge in [-0.3, -0.25) is 4.57 Å². The third-order valence-electron chi connectivity index (χ3n) is 4.24. The summed E-state index contributed by atoms with van der Waals surface area (Å²) in [6, 6.07) is 4.22. The normalized spacial score (nSPS) is 14.8. The van der Waals surface area contributed by atoms with Gasteiger partial charge in [-0.2, -0.15) is 0 Å². The van der Waals surface area contributed by atoms with Crippen molar-refractivity contribution in [3.05, 3.63) is 47.5 Å². The molecule has 5 rings (SSSR count). The van der Waals surface area contributed by atoms with E-state index in [9.17, 15) is 8.78 Å². The fourth-order valence-corrected chi connectivity index (χ4v) is 3.14. The van der Waals surface area contributed by atoms with Gasteiger partial charge in [0, 0.05) is 24.2 Å². The van der Waals surface area contributed by atoms with Crippen LogP contribution in [-0.2, 0) is 0 Å². The first kappa shape index (κ1) is 13.9. The highest BCUT2D eigenvalue weighted by molar-refractivity contribution is 6.29. The number of imidazole rings is 2. The van der Waals surface area contributed by atoms with Crippen molar-refractivity contribution in [2.45, 2.75) is 18.9 Å². The number of fused-ring (bicyclic) bond motifs is 2. The number of hydrogen-bond acceptors (Lipinski definition) is 3. The standard InChI is InChI=1S/C16H10ClF2N5/c17-15-5-11-14(6-20-15)23(7-21-11)16-22-12-3-9(18)10(19)4-13(12)24(16)8-1-2-8/h3-8H,1-2H2. The summed E-state index contributed by atoms with van der Waals surface area (Å²) in [6.45, 7) is 0. The van der Waals surface area contributed by atoms with Gasteiger partial charge in [0.2, 0.25) is 5.95 Å². The molecule has 120 valence electrons. The van der Waals surface area contributed by atoms with Crippen molar-refractivity contribution in [2.75, 3.05) is 0 Å². The Morgan fingerprint density at radius 1 is 1.00 bits per heavy atom. The SMILES string of the molecule is Fc1cc2nc(-n3cnc4cc(Cl)ncc43)n(C3CC3)c2cc1F. The number of hydrogen-bond donors (Lipinski definition) is 0. The molecule has 5 nitrogen and oxygen atoms in total. The molecule has 8 heteroatoms. The van der Waals surface area contributed by atoms with Crippen molar-refractivity contribution in [1.29, 1.82) is 0 Å². The lowest BCUT2D eigenvalue weighted by atomic mass is 10.3. The van der Waals surface area contributed by atoms with Crippen molar-refractivity contribution in [1.82, 2.24) is 24.1 Å². The summed E-state index contributed by atoms with van der Waals surface area (Å²) in [6.07, 6.45) is 5.19. The maximum absolute atomic E-state index is 13.7. The van der Waals surface area contributed by atoms with Gasteiger partial charge in [0.25, 0.3) is 0 Å². The third kappa shape index (κ3) is 1.94. The van der Waals surface area contributed by atoms with Crippen LogP contribution in [0.25, 0.3) is 28.0 Å². The lowest BCUT2D eigenvalue weighted by molar-refractivity contribution is 0.510. The minimum atomic E-state index is -0.904. The van der Waals surface area contributed by atoms with Crippen molar-refractivity contribution in [2.24, 2.45) is 0 Å². The predicted octanol–water partition coefficient (Wildman–Crippen LogP) is 4.04. The fourth-order valence-electron chi connectivity index (χ4n) is 2.98. The molecule has 3 heterocycles. The van der Waals surface area contributed by atoms with E-state index in [4.69, 9.17) is 11.6 Å². The van der Waals surface area contributed by atoms with Gasteiger partial charge in [-0.25, -0.2) is 23.7 Å². The molecule has 1 aromatic carbocycles. The van der Waals surface area contributed by atoms with Gasteiger partial charge in [-0.15, -0.1) is 0 Å². The maximum atomic E-state index is 13.7. The lowest BCUT2D eigenvalue weighted by Crippen LogP contribution is -2.05. The molecule has 24 heavy (non-hydrogen) atoms. The van der Waals surface area contributed by atoms with Crippen molar-refractivity contribution >= 4 is 33.7 Å². The van der Waals surface area contributed by atoms with Gasteiger partial charge in [-0.05, 0) is 12.8 Å². The van der Waals surface area contributed by atoms with E-state index in [1.54, 1.807) is 23.2 Å². The monoisotopic (exact) mass is 345 g/mol. The smallest absolute Gasteiger partial charge is 0.216 e. The Hall–Kier alpha value is -2.54. The van der Waals surface area contributed by atoms with E-state index in [2.05, 4.69) is 15.0 Å². The second kappa shape index (κ2) is 4.73. The van der Waals surface area contributed by atoms with Crippen LogP contribution < -0.4 is 0 Å². The first-order valence-corrected chi connectivity index (χ1v) is 7.85. The molecule has 4 aromatic rings. The van der Waals surface area contributed by atoms with Crippen LogP contribution in [0.2, 0.25) is 5.15 Å². The van der Waals surface area contributed by atoms with E-state index < -0.39 is 11.6 Å². The average Bonchev–Trinajstić information content (AvgIpc) is 3.21. The Bertz CT molecular complexity index is 1110. The summed E-state index contributed by atoms with van der Waals surface area (Å²) >= 11 is 5.90. The molecule has 0 bridgehead atoms. The fraction of sp³-hybridized carbons (Fsp3) is 0.188. The molecular formula is C16H10ClF2N5. The van der Waals surface area contributed by atoms with E-state index >= 15 is 0 Å². The Morgan fingerprint density at radius 3 is 2.58 bits per heavy atom. The Morgan fingerprint density at radius 2 is 1.79 bits per heavy atom. The molecule has 0 N–H and O–H groups in total. The molecule has 1 aliphatic rings. The summed E-state index contributed by atoms with van der Waals surface area (Å²) in [5.74, 6) is -1.21. The van der Waals surface area contributed by atoms with E-state index in [0.717, 1.165) is 24.4 Å². The highest BCUT2D eigenvalue weighted by Crippen LogP contribution is 2.40. The maximum Gasteiger partial charge on any atom is 0.216 e. The highest BCUT2D eigenvalue weighted by Gasteiger charge is 2.30. The number of pyridine rings is 1. The topological polar surface area (TPSA) is 48.5 Å². The third-order valence-corrected chi connectivity index (χ3v) is 4.45. The predicted molar refractivity (Wildman–Crippen MR) is 85.4 cm³/mol. The van der Waals surface area contributed by atoms with Crippen LogP contribution in [0, 0.1) is 11.6 Å². The van der Waals surface area contributed by atoms with Crippen LogP contribution >= 0.6 is 11.6 Å². The van der Waals surface area contributed by atoms with Gasteiger partial charge in [0.05, 0.1) is 28.3 Å². The Kier molecular flexibility index (Phi) is 2.73. The Labute approximate surface area is 139 Å². The van der Waals surface area contributed by atoms with Crippen LogP contribution in [0.3, 0.4) is 0 Å². The molecule has 0 unspecified atom stereocenters. The van der Waals surface area contributed by atoms with Crippen molar-refractivity contribution < 1.29 is 8.78 Å². The molecule has 0 aliphatic heterocycles. The summed E-state index contributed by atoms with van der Waals surface area (Å²) in [5, 5.41) is 0.354. The van der Waals surface area contributed by atoms with E-state index in [0.29, 0.717) is 27.7 Å². The first-order valence-electron chi connectivity index (χ1n) is 7.48. The molecule has 1 saturated carbocycles. The van der Waals surface area contributed by atoms with E-state index in [1.165, 1.54) is 6.07 Å². The molecule has 0 spiro atoms. The molecule has 1 aliphatic carbocycles. The number of halogens is 3. The number of nitrogens with zero attached hydrogens (tertiary/aromatic N) is 5.